The van der Waals surface area contributed by atoms with Gasteiger partial charge < -0.3 is 18.8 Å². The zero-order chi connectivity index (χ0) is 15.6. The molecule has 0 saturated carbocycles. The molecule has 2 aliphatic rings. The molecule has 1 fully saturated rings. The van der Waals surface area contributed by atoms with Crippen molar-refractivity contribution < 1.29 is 18.7 Å². The molecule has 0 spiro atoms. The van der Waals surface area contributed by atoms with E-state index in [9.17, 15) is 4.79 Å². The van der Waals surface area contributed by atoms with Crippen LogP contribution < -0.4 is 9.47 Å². The minimum atomic E-state index is 0.0425. The second-order valence-corrected chi connectivity index (χ2v) is 5.72. The fourth-order valence-electron chi connectivity index (χ4n) is 2.94. The standard InChI is InChI=1S/C17H18N2O4/c20-17(13-3-4-15-16(10-13)23-12-22-15)19-7-5-18(6-8-19)11-14-2-1-9-21-14/h1-4,9-10H,5-8,11-12H2. The predicted molar refractivity (Wildman–Crippen MR) is 82.5 cm³/mol. The third kappa shape index (κ3) is 2.90. The normalized spacial score (nSPS) is 17.5. The molecule has 0 radical (unpaired) electrons. The van der Waals surface area contributed by atoms with E-state index in [0.29, 0.717) is 30.2 Å². The minimum Gasteiger partial charge on any atom is -0.468 e. The molecule has 0 aliphatic carbocycles. The van der Waals surface area contributed by atoms with Crippen molar-refractivity contribution in [2.45, 2.75) is 6.54 Å². The maximum atomic E-state index is 12.6. The number of hydrogen-bond acceptors (Lipinski definition) is 5. The van der Waals surface area contributed by atoms with Crippen LogP contribution in [-0.4, -0.2) is 48.7 Å². The molecule has 2 aliphatic heterocycles. The first kappa shape index (κ1) is 14.1. The van der Waals surface area contributed by atoms with Crippen molar-refractivity contribution in [1.29, 1.82) is 0 Å². The average molecular weight is 314 g/mol. The summed E-state index contributed by atoms with van der Waals surface area (Å²) in [5.74, 6) is 2.35. The molecule has 1 aromatic heterocycles. The molecule has 23 heavy (non-hydrogen) atoms. The summed E-state index contributed by atoms with van der Waals surface area (Å²) >= 11 is 0. The molecule has 1 saturated heterocycles. The predicted octanol–water partition coefficient (Wildman–Crippen LogP) is 1.97. The van der Waals surface area contributed by atoms with Crippen LogP contribution in [0.1, 0.15) is 16.1 Å². The van der Waals surface area contributed by atoms with E-state index in [1.165, 1.54) is 0 Å². The van der Waals surface area contributed by atoms with Gasteiger partial charge in [-0.05, 0) is 30.3 Å². The van der Waals surface area contributed by atoms with E-state index in [-0.39, 0.29) is 12.7 Å². The van der Waals surface area contributed by atoms with Gasteiger partial charge in [0.15, 0.2) is 11.5 Å². The second-order valence-electron chi connectivity index (χ2n) is 5.72. The molecular formula is C17H18N2O4. The van der Waals surface area contributed by atoms with E-state index in [1.807, 2.05) is 17.0 Å². The Hall–Kier alpha value is -2.47. The quantitative estimate of drug-likeness (QED) is 0.867. The number of hydrogen-bond donors (Lipinski definition) is 0. The van der Waals surface area contributed by atoms with E-state index in [1.54, 1.807) is 24.5 Å². The number of furan rings is 1. The Morgan fingerprint density at radius 3 is 2.65 bits per heavy atom. The lowest BCUT2D eigenvalue weighted by molar-refractivity contribution is 0.0620. The fourth-order valence-corrected chi connectivity index (χ4v) is 2.94. The van der Waals surface area contributed by atoms with Crippen molar-refractivity contribution in [2.75, 3.05) is 33.0 Å². The largest absolute Gasteiger partial charge is 0.468 e. The number of amides is 1. The fraction of sp³-hybridized carbons (Fsp3) is 0.353. The van der Waals surface area contributed by atoms with E-state index in [0.717, 1.165) is 25.4 Å². The van der Waals surface area contributed by atoms with Crippen LogP contribution in [0, 0.1) is 0 Å². The van der Waals surface area contributed by atoms with Crippen LogP contribution in [-0.2, 0) is 6.54 Å². The summed E-state index contributed by atoms with van der Waals surface area (Å²) in [6.07, 6.45) is 1.69. The first-order valence-electron chi connectivity index (χ1n) is 7.73. The monoisotopic (exact) mass is 314 g/mol. The number of carbonyl (C=O) groups excluding carboxylic acids is 1. The summed E-state index contributed by atoms with van der Waals surface area (Å²) in [4.78, 5) is 16.8. The van der Waals surface area contributed by atoms with Gasteiger partial charge >= 0.3 is 0 Å². The third-order valence-electron chi connectivity index (χ3n) is 4.24. The molecule has 0 atom stereocenters. The average Bonchev–Trinajstić information content (AvgIpc) is 3.25. The summed E-state index contributed by atoms with van der Waals surface area (Å²) in [5.41, 5.74) is 0.647. The van der Waals surface area contributed by atoms with Crippen LogP contribution in [0.3, 0.4) is 0 Å². The highest BCUT2D eigenvalue weighted by Gasteiger charge is 2.24. The SMILES string of the molecule is O=C(c1ccc2c(c1)OCO2)N1CCN(Cc2ccco2)CC1. The number of benzene rings is 1. The lowest BCUT2D eigenvalue weighted by atomic mass is 10.1. The van der Waals surface area contributed by atoms with Gasteiger partial charge in [-0.1, -0.05) is 0 Å². The van der Waals surface area contributed by atoms with Crippen LogP contribution in [0.2, 0.25) is 0 Å². The number of rotatable bonds is 3. The van der Waals surface area contributed by atoms with E-state index in [4.69, 9.17) is 13.9 Å². The molecular weight excluding hydrogens is 296 g/mol. The summed E-state index contributed by atoms with van der Waals surface area (Å²) in [5, 5.41) is 0. The van der Waals surface area contributed by atoms with Crippen LogP contribution in [0.4, 0.5) is 0 Å². The highest BCUT2D eigenvalue weighted by atomic mass is 16.7. The summed E-state index contributed by atoms with van der Waals surface area (Å²) in [6.45, 7) is 4.13. The van der Waals surface area contributed by atoms with Crippen molar-refractivity contribution in [3.8, 4) is 11.5 Å². The van der Waals surface area contributed by atoms with Crippen molar-refractivity contribution in [2.24, 2.45) is 0 Å². The van der Waals surface area contributed by atoms with Crippen LogP contribution in [0.25, 0.3) is 0 Å². The number of nitrogens with zero attached hydrogens (tertiary/aromatic N) is 2. The van der Waals surface area contributed by atoms with Crippen molar-refractivity contribution in [1.82, 2.24) is 9.80 Å². The molecule has 6 heteroatoms. The molecule has 1 amide bonds. The van der Waals surface area contributed by atoms with Crippen LogP contribution >= 0.6 is 0 Å². The Bertz CT molecular complexity index is 691. The molecule has 4 rings (SSSR count). The second kappa shape index (κ2) is 5.96. The zero-order valence-corrected chi connectivity index (χ0v) is 12.7. The zero-order valence-electron chi connectivity index (χ0n) is 12.7. The molecule has 0 unspecified atom stereocenters. The minimum absolute atomic E-state index is 0.0425. The van der Waals surface area contributed by atoms with Gasteiger partial charge in [-0.15, -0.1) is 0 Å². The van der Waals surface area contributed by atoms with E-state index >= 15 is 0 Å². The van der Waals surface area contributed by atoms with Gasteiger partial charge in [0.05, 0.1) is 12.8 Å². The number of carbonyl (C=O) groups is 1. The Morgan fingerprint density at radius 2 is 1.87 bits per heavy atom. The maximum Gasteiger partial charge on any atom is 0.254 e. The number of fused-ring (bicyclic) bond motifs is 1. The lowest BCUT2D eigenvalue weighted by Crippen LogP contribution is -2.48. The lowest BCUT2D eigenvalue weighted by Gasteiger charge is -2.34. The van der Waals surface area contributed by atoms with Gasteiger partial charge in [0.2, 0.25) is 6.79 Å². The van der Waals surface area contributed by atoms with Gasteiger partial charge in [0.1, 0.15) is 5.76 Å². The van der Waals surface area contributed by atoms with Crippen LogP contribution in [0.15, 0.2) is 41.0 Å². The van der Waals surface area contributed by atoms with Gasteiger partial charge in [0.25, 0.3) is 5.91 Å². The Morgan fingerprint density at radius 1 is 1.04 bits per heavy atom. The number of ether oxygens (including phenoxy) is 2. The van der Waals surface area contributed by atoms with Gasteiger partial charge in [-0.2, -0.15) is 0 Å². The van der Waals surface area contributed by atoms with E-state index < -0.39 is 0 Å². The Balaban J connectivity index is 1.37. The molecule has 120 valence electrons. The van der Waals surface area contributed by atoms with Gasteiger partial charge in [-0.25, -0.2) is 0 Å². The van der Waals surface area contributed by atoms with Crippen molar-refractivity contribution in [3.63, 3.8) is 0 Å². The molecule has 3 heterocycles. The smallest absolute Gasteiger partial charge is 0.254 e. The highest BCUT2D eigenvalue weighted by Crippen LogP contribution is 2.32. The molecule has 0 bridgehead atoms. The Labute approximate surface area is 134 Å². The van der Waals surface area contributed by atoms with Gasteiger partial charge in [-0.3, -0.25) is 9.69 Å². The maximum absolute atomic E-state index is 12.6. The third-order valence-corrected chi connectivity index (χ3v) is 4.24. The topological polar surface area (TPSA) is 55.2 Å². The molecule has 1 aromatic carbocycles. The molecule has 0 N–H and O–H groups in total. The summed E-state index contributed by atoms with van der Waals surface area (Å²) in [6, 6.07) is 9.23. The highest BCUT2D eigenvalue weighted by molar-refractivity contribution is 5.95. The summed E-state index contributed by atoms with van der Waals surface area (Å²) in [7, 11) is 0. The molecule has 6 nitrogen and oxygen atoms in total. The van der Waals surface area contributed by atoms with Crippen molar-refractivity contribution >= 4 is 5.91 Å². The van der Waals surface area contributed by atoms with E-state index in [2.05, 4.69) is 4.90 Å². The van der Waals surface area contributed by atoms with Gasteiger partial charge in [0, 0.05) is 31.7 Å². The van der Waals surface area contributed by atoms with Crippen LogP contribution in [0.5, 0.6) is 11.5 Å². The Kier molecular flexibility index (Phi) is 3.67. The number of piperazine rings is 1. The molecule has 2 aromatic rings. The first-order chi connectivity index (χ1) is 11.3. The first-order valence-corrected chi connectivity index (χ1v) is 7.73. The van der Waals surface area contributed by atoms with Crippen molar-refractivity contribution in [3.05, 3.63) is 47.9 Å². The summed E-state index contributed by atoms with van der Waals surface area (Å²) < 4.78 is 16.0.